The molecule has 1 fully saturated rings. The third-order valence-electron chi connectivity index (χ3n) is 3.94. The molecule has 0 N–H and O–H groups in total. The number of hydrogen-bond acceptors (Lipinski definition) is 3. The predicted octanol–water partition coefficient (Wildman–Crippen LogP) is 4.16. The monoisotopic (exact) mass is 321 g/mol. The number of piperidine rings is 1. The Balaban J connectivity index is 1.60. The van der Waals surface area contributed by atoms with Crippen LogP contribution in [0.4, 0.5) is 0 Å². The van der Waals surface area contributed by atoms with Crippen LogP contribution in [0.25, 0.3) is 0 Å². The van der Waals surface area contributed by atoms with Crippen LogP contribution in [0.5, 0.6) is 0 Å². The van der Waals surface area contributed by atoms with E-state index in [-0.39, 0.29) is 5.28 Å². The highest BCUT2D eigenvalue weighted by Gasteiger charge is 2.22. The minimum Gasteiger partial charge on any atom is -0.299 e. The van der Waals surface area contributed by atoms with Gasteiger partial charge in [0.15, 0.2) is 0 Å². The molecule has 1 aromatic carbocycles. The summed E-state index contributed by atoms with van der Waals surface area (Å²) < 4.78 is 0. The van der Waals surface area contributed by atoms with Crippen LogP contribution in [0.2, 0.25) is 10.4 Å². The van der Waals surface area contributed by atoms with E-state index in [0.29, 0.717) is 11.1 Å². The second-order valence-corrected chi connectivity index (χ2v) is 6.15. The lowest BCUT2D eigenvalue weighted by Gasteiger charge is -2.31. The molecule has 1 aliphatic heterocycles. The smallest absolute Gasteiger partial charge is 0.224 e. The molecule has 1 aromatic heterocycles. The van der Waals surface area contributed by atoms with Gasteiger partial charge in [-0.15, -0.1) is 0 Å². The average molecular weight is 322 g/mol. The van der Waals surface area contributed by atoms with Gasteiger partial charge in [0.2, 0.25) is 5.28 Å². The van der Waals surface area contributed by atoms with Crippen molar-refractivity contribution in [2.45, 2.75) is 25.3 Å². The highest BCUT2D eigenvalue weighted by Crippen LogP contribution is 2.29. The summed E-state index contributed by atoms with van der Waals surface area (Å²) in [4.78, 5) is 10.7. The molecule has 2 heterocycles. The molecule has 1 saturated heterocycles. The third-order valence-corrected chi connectivity index (χ3v) is 4.30. The lowest BCUT2D eigenvalue weighted by atomic mass is 9.93. The fraction of sp³-hybridized carbons (Fsp3) is 0.375. The first-order valence-electron chi connectivity index (χ1n) is 7.17. The zero-order valence-electron chi connectivity index (χ0n) is 11.7. The van der Waals surface area contributed by atoms with E-state index in [9.17, 15) is 0 Å². The molecule has 110 valence electrons. The van der Waals surface area contributed by atoms with Gasteiger partial charge < -0.3 is 0 Å². The van der Waals surface area contributed by atoms with Gasteiger partial charge in [-0.25, -0.2) is 9.97 Å². The maximum Gasteiger partial charge on any atom is 0.224 e. The van der Waals surface area contributed by atoms with Crippen LogP contribution >= 0.6 is 23.2 Å². The molecular weight excluding hydrogens is 305 g/mol. The lowest BCUT2D eigenvalue weighted by molar-refractivity contribution is 0.203. The summed E-state index contributed by atoms with van der Waals surface area (Å²) in [6, 6.07) is 12.4. The Hall–Kier alpha value is -1.16. The van der Waals surface area contributed by atoms with Crippen LogP contribution in [-0.2, 0) is 6.54 Å². The Kier molecular flexibility index (Phi) is 4.73. The first-order chi connectivity index (χ1) is 10.2. The predicted molar refractivity (Wildman–Crippen MR) is 85.7 cm³/mol. The average Bonchev–Trinajstić information content (AvgIpc) is 2.48. The van der Waals surface area contributed by atoms with Crippen molar-refractivity contribution in [3.63, 3.8) is 0 Å². The van der Waals surface area contributed by atoms with E-state index in [1.54, 1.807) is 0 Å². The lowest BCUT2D eigenvalue weighted by Crippen LogP contribution is -2.32. The molecule has 0 unspecified atom stereocenters. The normalized spacial score (nSPS) is 17.0. The topological polar surface area (TPSA) is 29.0 Å². The first kappa shape index (κ1) is 14.8. The number of nitrogens with zero attached hydrogens (tertiary/aromatic N) is 3. The Morgan fingerprint density at radius 1 is 1.05 bits per heavy atom. The maximum absolute atomic E-state index is 5.96. The SMILES string of the molecule is Clc1cc(C2CCN(Cc3ccccc3)CC2)nc(Cl)n1. The second-order valence-electron chi connectivity index (χ2n) is 5.42. The molecule has 0 saturated carbocycles. The molecule has 2 aromatic rings. The first-order valence-corrected chi connectivity index (χ1v) is 7.92. The Labute approximate surface area is 134 Å². The van der Waals surface area contributed by atoms with E-state index in [0.717, 1.165) is 38.2 Å². The number of halogens is 2. The molecule has 0 amide bonds. The van der Waals surface area contributed by atoms with Crippen molar-refractivity contribution in [2.75, 3.05) is 13.1 Å². The molecule has 0 spiro atoms. The van der Waals surface area contributed by atoms with Crippen LogP contribution in [0.3, 0.4) is 0 Å². The summed E-state index contributed by atoms with van der Waals surface area (Å²) in [5.41, 5.74) is 2.34. The van der Waals surface area contributed by atoms with E-state index in [1.165, 1.54) is 5.56 Å². The number of likely N-dealkylation sites (tertiary alicyclic amines) is 1. The fourth-order valence-corrected chi connectivity index (χ4v) is 3.27. The number of rotatable bonds is 3. The molecule has 1 aliphatic rings. The van der Waals surface area contributed by atoms with Crippen molar-refractivity contribution in [1.29, 1.82) is 0 Å². The van der Waals surface area contributed by atoms with Crippen LogP contribution < -0.4 is 0 Å². The zero-order chi connectivity index (χ0) is 14.7. The molecular formula is C16H17Cl2N3. The van der Waals surface area contributed by atoms with E-state index in [4.69, 9.17) is 23.2 Å². The number of hydrogen-bond donors (Lipinski definition) is 0. The summed E-state index contributed by atoms with van der Waals surface area (Å²) in [6.07, 6.45) is 2.16. The standard InChI is InChI=1S/C16H17Cl2N3/c17-15-10-14(19-16(18)20-15)13-6-8-21(9-7-13)11-12-4-2-1-3-5-12/h1-5,10,13H,6-9,11H2. The summed E-state index contributed by atoms with van der Waals surface area (Å²) in [5.74, 6) is 0.426. The van der Waals surface area contributed by atoms with Gasteiger partial charge in [0.05, 0.1) is 5.69 Å². The minimum atomic E-state index is 0.240. The number of aromatic nitrogens is 2. The number of benzene rings is 1. The second kappa shape index (κ2) is 6.73. The Morgan fingerprint density at radius 3 is 2.43 bits per heavy atom. The van der Waals surface area contributed by atoms with Gasteiger partial charge in [0, 0.05) is 12.5 Å². The van der Waals surface area contributed by atoms with Crippen molar-refractivity contribution in [3.05, 3.63) is 58.1 Å². The van der Waals surface area contributed by atoms with E-state index < -0.39 is 0 Å². The van der Waals surface area contributed by atoms with Gasteiger partial charge >= 0.3 is 0 Å². The minimum absolute atomic E-state index is 0.240. The molecule has 0 atom stereocenters. The van der Waals surface area contributed by atoms with Gasteiger partial charge in [0.1, 0.15) is 5.15 Å². The van der Waals surface area contributed by atoms with Crippen molar-refractivity contribution >= 4 is 23.2 Å². The maximum atomic E-state index is 5.96. The molecule has 0 bridgehead atoms. The van der Waals surface area contributed by atoms with Crippen LogP contribution in [0.1, 0.15) is 30.0 Å². The highest BCUT2D eigenvalue weighted by atomic mass is 35.5. The van der Waals surface area contributed by atoms with Crippen LogP contribution in [0.15, 0.2) is 36.4 Å². The molecule has 5 heteroatoms. The zero-order valence-corrected chi connectivity index (χ0v) is 13.2. The fourth-order valence-electron chi connectivity index (χ4n) is 2.84. The molecule has 3 rings (SSSR count). The van der Waals surface area contributed by atoms with E-state index in [1.807, 2.05) is 6.07 Å². The van der Waals surface area contributed by atoms with Crippen molar-refractivity contribution in [2.24, 2.45) is 0 Å². The molecule has 0 radical (unpaired) electrons. The third kappa shape index (κ3) is 3.94. The van der Waals surface area contributed by atoms with Crippen molar-refractivity contribution < 1.29 is 0 Å². The van der Waals surface area contributed by atoms with Crippen molar-refractivity contribution in [3.8, 4) is 0 Å². The van der Waals surface area contributed by atoms with Gasteiger partial charge in [-0.2, -0.15) is 0 Å². The van der Waals surface area contributed by atoms with Gasteiger partial charge in [0.25, 0.3) is 0 Å². The van der Waals surface area contributed by atoms with Gasteiger partial charge in [-0.05, 0) is 49.2 Å². The largest absolute Gasteiger partial charge is 0.299 e. The van der Waals surface area contributed by atoms with Gasteiger partial charge in [-0.1, -0.05) is 41.9 Å². The van der Waals surface area contributed by atoms with Gasteiger partial charge in [-0.3, -0.25) is 4.90 Å². The van der Waals surface area contributed by atoms with E-state index >= 15 is 0 Å². The van der Waals surface area contributed by atoms with Crippen LogP contribution in [-0.4, -0.2) is 28.0 Å². The summed E-state index contributed by atoms with van der Waals surface area (Å²) >= 11 is 11.8. The molecule has 21 heavy (non-hydrogen) atoms. The highest BCUT2D eigenvalue weighted by molar-refractivity contribution is 6.31. The van der Waals surface area contributed by atoms with Crippen molar-refractivity contribution in [1.82, 2.24) is 14.9 Å². The Morgan fingerprint density at radius 2 is 1.76 bits per heavy atom. The quantitative estimate of drug-likeness (QED) is 0.627. The molecule has 0 aliphatic carbocycles. The Bertz CT molecular complexity index is 575. The van der Waals surface area contributed by atoms with Crippen LogP contribution in [0, 0.1) is 0 Å². The summed E-state index contributed by atoms with van der Waals surface area (Å²) in [5, 5.41) is 0.668. The molecule has 3 nitrogen and oxygen atoms in total. The summed E-state index contributed by atoms with van der Waals surface area (Å²) in [7, 11) is 0. The van der Waals surface area contributed by atoms with E-state index in [2.05, 4.69) is 45.2 Å². The summed E-state index contributed by atoms with van der Waals surface area (Å²) in [6.45, 7) is 3.15.